The fraction of sp³-hybridized carbons (Fsp3) is 0.417. The van der Waals surface area contributed by atoms with Crippen LogP contribution in [0.2, 0.25) is 0 Å². The number of aryl methyl sites for hydroxylation is 1. The van der Waals surface area contributed by atoms with Gasteiger partial charge >= 0.3 is 5.97 Å². The normalized spacial score (nSPS) is 13.6. The zero-order valence-corrected chi connectivity index (χ0v) is 9.49. The van der Waals surface area contributed by atoms with E-state index in [9.17, 15) is 14.3 Å². The predicted molar refractivity (Wildman–Crippen MR) is 57.8 cm³/mol. The minimum Gasteiger partial charge on any atom is -0.479 e. The highest BCUT2D eigenvalue weighted by molar-refractivity contribution is 5.74. The molecule has 0 heterocycles. The molecule has 0 aliphatic heterocycles. The molecular formula is C12H15FO3. The molecule has 1 unspecified atom stereocenters. The Labute approximate surface area is 93.5 Å². The first-order chi connectivity index (χ1) is 7.26. The van der Waals surface area contributed by atoms with Crippen molar-refractivity contribution in [3.05, 3.63) is 35.1 Å². The van der Waals surface area contributed by atoms with E-state index < -0.39 is 23.3 Å². The molecule has 1 rings (SSSR count). The number of hydrogen-bond acceptors (Lipinski definition) is 2. The van der Waals surface area contributed by atoms with Crippen LogP contribution in [0.5, 0.6) is 0 Å². The lowest BCUT2D eigenvalue weighted by molar-refractivity contribution is -0.150. The minimum absolute atomic E-state index is 0.400. The molecule has 88 valence electrons. The van der Waals surface area contributed by atoms with Crippen molar-refractivity contribution < 1.29 is 19.4 Å². The number of benzene rings is 1. The summed E-state index contributed by atoms with van der Waals surface area (Å²) in [6.45, 7) is 4.76. The van der Waals surface area contributed by atoms with Gasteiger partial charge in [0.05, 0.1) is 0 Å². The van der Waals surface area contributed by atoms with E-state index in [1.54, 1.807) is 32.9 Å². The summed E-state index contributed by atoms with van der Waals surface area (Å²) >= 11 is 0. The fourth-order valence-corrected chi connectivity index (χ4v) is 1.46. The number of carboxylic acid groups (broad SMARTS) is 1. The van der Waals surface area contributed by atoms with E-state index in [0.717, 1.165) is 0 Å². The molecule has 0 radical (unpaired) electrons. The molecule has 4 heteroatoms. The Bertz CT molecular complexity index is 413. The van der Waals surface area contributed by atoms with Crippen LogP contribution in [0, 0.1) is 12.7 Å². The van der Waals surface area contributed by atoms with Crippen molar-refractivity contribution >= 4 is 5.97 Å². The highest BCUT2D eigenvalue weighted by atomic mass is 19.1. The Kier molecular flexibility index (Phi) is 3.33. The van der Waals surface area contributed by atoms with Crippen LogP contribution < -0.4 is 0 Å². The van der Waals surface area contributed by atoms with Gasteiger partial charge in [0.15, 0.2) is 6.10 Å². The molecule has 0 spiro atoms. The quantitative estimate of drug-likeness (QED) is 0.827. The molecule has 0 saturated heterocycles. The molecular weight excluding hydrogens is 211 g/mol. The van der Waals surface area contributed by atoms with Gasteiger partial charge in [0.2, 0.25) is 0 Å². The molecule has 0 fully saturated rings. The average molecular weight is 226 g/mol. The second kappa shape index (κ2) is 4.22. The molecule has 0 aromatic heterocycles. The molecule has 0 aliphatic rings. The largest absolute Gasteiger partial charge is 0.479 e. The van der Waals surface area contributed by atoms with Crippen molar-refractivity contribution in [2.75, 3.05) is 0 Å². The van der Waals surface area contributed by atoms with Gasteiger partial charge in [-0.1, -0.05) is 26.0 Å². The maximum Gasteiger partial charge on any atom is 0.333 e. The second-order valence-electron chi connectivity index (χ2n) is 4.43. The summed E-state index contributed by atoms with van der Waals surface area (Å²) in [6.07, 6.45) is -1.56. The Morgan fingerprint density at radius 1 is 1.44 bits per heavy atom. The first-order valence-corrected chi connectivity index (χ1v) is 4.94. The lowest BCUT2D eigenvalue weighted by atomic mass is 9.79. The summed E-state index contributed by atoms with van der Waals surface area (Å²) in [7, 11) is 0. The third kappa shape index (κ3) is 2.22. The number of halogens is 1. The zero-order chi connectivity index (χ0) is 12.5. The van der Waals surface area contributed by atoms with Crippen molar-refractivity contribution in [1.29, 1.82) is 0 Å². The third-order valence-electron chi connectivity index (χ3n) is 2.83. The van der Waals surface area contributed by atoms with Crippen LogP contribution in [0.1, 0.15) is 25.0 Å². The third-order valence-corrected chi connectivity index (χ3v) is 2.83. The summed E-state index contributed by atoms with van der Waals surface area (Å²) in [6, 6.07) is 4.47. The van der Waals surface area contributed by atoms with Gasteiger partial charge in [-0.2, -0.15) is 0 Å². The summed E-state index contributed by atoms with van der Waals surface area (Å²) in [5.41, 5.74) is -0.0738. The van der Waals surface area contributed by atoms with E-state index in [2.05, 4.69) is 0 Å². The van der Waals surface area contributed by atoms with E-state index in [4.69, 9.17) is 5.11 Å². The number of hydrogen-bond donors (Lipinski definition) is 2. The van der Waals surface area contributed by atoms with Crippen LogP contribution >= 0.6 is 0 Å². The molecule has 0 aliphatic carbocycles. The van der Waals surface area contributed by atoms with Crippen LogP contribution in [0.3, 0.4) is 0 Å². The summed E-state index contributed by atoms with van der Waals surface area (Å²) in [5.74, 6) is -1.71. The topological polar surface area (TPSA) is 57.5 Å². The van der Waals surface area contributed by atoms with Crippen molar-refractivity contribution in [1.82, 2.24) is 0 Å². The standard InChI is InChI=1S/C12H15FO3/c1-7-4-5-8(6-9(7)13)12(2,3)10(14)11(15)16/h4-6,10,14H,1-3H3,(H,15,16). The van der Waals surface area contributed by atoms with Gasteiger partial charge in [0.25, 0.3) is 0 Å². The summed E-state index contributed by atoms with van der Waals surface area (Å²) in [4.78, 5) is 10.7. The Morgan fingerprint density at radius 3 is 2.44 bits per heavy atom. The molecule has 0 amide bonds. The van der Waals surface area contributed by atoms with Crippen molar-refractivity contribution in [2.24, 2.45) is 0 Å². The van der Waals surface area contributed by atoms with Crippen LogP contribution in [0.25, 0.3) is 0 Å². The van der Waals surface area contributed by atoms with Gasteiger partial charge < -0.3 is 10.2 Å². The van der Waals surface area contributed by atoms with Crippen molar-refractivity contribution in [2.45, 2.75) is 32.3 Å². The highest BCUT2D eigenvalue weighted by Crippen LogP contribution is 2.28. The molecule has 2 N–H and O–H groups in total. The van der Waals surface area contributed by atoms with E-state index in [0.29, 0.717) is 11.1 Å². The Balaban J connectivity index is 3.16. The lowest BCUT2D eigenvalue weighted by Gasteiger charge is -2.28. The van der Waals surface area contributed by atoms with Crippen molar-refractivity contribution in [3.63, 3.8) is 0 Å². The van der Waals surface area contributed by atoms with Gasteiger partial charge in [0.1, 0.15) is 5.82 Å². The molecule has 1 aromatic rings. The molecule has 1 aromatic carbocycles. The predicted octanol–water partition coefficient (Wildman–Crippen LogP) is 1.86. The smallest absolute Gasteiger partial charge is 0.333 e. The maximum atomic E-state index is 13.3. The first-order valence-electron chi connectivity index (χ1n) is 4.94. The number of rotatable bonds is 3. The van der Waals surface area contributed by atoms with Crippen LogP contribution in [-0.2, 0) is 10.2 Å². The van der Waals surface area contributed by atoms with Crippen LogP contribution in [-0.4, -0.2) is 22.3 Å². The highest BCUT2D eigenvalue weighted by Gasteiger charge is 2.35. The number of carbonyl (C=O) groups is 1. The molecule has 3 nitrogen and oxygen atoms in total. The van der Waals surface area contributed by atoms with E-state index in [-0.39, 0.29) is 0 Å². The number of aliphatic hydroxyl groups excluding tert-OH is 1. The van der Waals surface area contributed by atoms with Gasteiger partial charge in [-0.15, -0.1) is 0 Å². The molecule has 16 heavy (non-hydrogen) atoms. The van der Waals surface area contributed by atoms with Gasteiger partial charge in [-0.25, -0.2) is 9.18 Å². The lowest BCUT2D eigenvalue weighted by Crippen LogP contribution is -2.39. The van der Waals surface area contributed by atoms with Gasteiger partial charge in [0, 0.05) is 5.41 Å². The number of aliphatic carboxylic acids is 1. The van der Waals surface area contributed by atoms with E-state index in [1.807, 2.05) is 0 Å². The maximum absolute atomic E-state index is 13.3. The number of carboxylic acids is 1. The Hall–Kier alpha value is -1.42. The summed E-state index contributed by atoms with van der Waals surface area (Å²) < 4.78 is 13.3. The molecule has 0 saturated carbocycles. The molecule has 1 atom stereocenters. The minimum atomic E-state index is -1.56. The van der Waals surface area contributed by atoms with Crippen LogP contribution in [0.4, 0.5) is 4.39 Å². The summed E-state index contributed by atoms with van der Waals surface area (Å²) in [5, 5.41) is 18.3. The van der Waals surface area contributed by atoms with E-state index >= 15 is 0 Å². The Morgan fingerprint density at radius 2 is 2.00 bits per heavy atom. The van der Waals surface area contributed by atoms with Crippen LogP contribution in [0.15, 0.2) is 18.2 Å². The SMILES string of the molecule is Cc1ccc(C(C)(C)C(O)C(=O)O)cc1F. The van der Waals surface area contributed by atoms with E-state index in [1.165, 1.54) is 6.07 Å². The van der Waals surface area contributed by atoms with Gasteiger partial charge in [-0.05, 0) is 24.1 Å². The average Bonchev–Trinajstić information content (AvgIpc) is 2.20. The fourth-order valence-electron chi connectivity index (χ4n) is 1.46. The number of aliphatic hydroxyl groups is 1. The van der Waals surface area contributed by atoms with Crippen molar-refractivity contribution in [3.8, 4) is 0 Å². The monoisotopic (exact) mass is 226 g/mol. The zero-order valence-electron chi connectivity index (χ0n) is 9.49. The second-order valence-corrected chi connectivity index (χ2v) is 4.43. The molecule has 0 bridgehead atoms. The first kappa shape index (κ1) is 12.6. The van der Waals surface area contributed by atoms with Gasteiger partial charge in [-0.3, -0.25) is 0 Å².